The summed E-state index contributed by atoms with van der Waals surface area (Å²) in [5.74, 6) is 0.945. The van der Waals surface area contributed by atoms with Crippen molar-refractivity contribution in [1.82, 2.24) is 10.3 Å². The Labute approximate surface area is 148 Å². The van der Waals surface area contributed by atoms with Crippen LogP contribution in [0.3, 0.4) is 0 Å². The highest BCUT2D eigenvalue weighted by molar-refractivity contribution is 6.43. The van der Waals surface area contributed by atoms with Gasteiger partial charge in [-0.2, -0.15) is 0 Å². The van der Waals surface area contributed by atoms with Crippen LogP contribution in [0.4, 0.5) is 11.5 Å². The number of furan rings is 1. The van der Waals surface area contributed by atoms with Crippen molar-refractivity contribution in [2.75, 3.05) is 5.32 Å². The molecule has 122 valence electrons. The van der Waals surface area contributed by atoms with Crippen LogP contribution in [0, 0.1) is 0 Å². The summed E-state index contributed by atoms with van der Waals surface area (Å²) in [5, 5.41) is 6.67. The molecule has 5 nitrogen and oxygen atoms in total. The number of carbonyl (C=O) groups is 1. The average Bonchev–Trinajstić information content (AvgIpc) is 3.11. The molecule has 3 rings (SSSR count). The van der Waals surface area contributed by atoms with E-state index in [2.05, 4.69) is 15.6 Å². The third kappa shape index (κ3) is 3.88. The standard InChI is InChI=1S/C17H13Cl2N3O2/c18-13-4-1-5-14(16(13)19)22-15-9-11(6-7-20-15)17(23)21-10-12-3-2-8-24-12/h1-9H,10H2,(H,20,22)(H,21,23). The van der Waals surface area contributed by atoms with Crippen LogP contribution in [0.5, 0.6) is 0 Å². The molecule has 1 amide bonds. The zero-order valence-electron chi connectivity index (χ0n) is 12.4. The minimum atomic E-state index is -0.228. The van der Waals surface area contributed by atoms with Gasteiger partial charge in [-0.25, -0.2) is 4.98 Å². The van der Waals surface area contributed by atoms with Gasteiger partial charge in [0.05, 0.1) is 28.5 Å². The fourth-order valence-corrected chi connectivity index (χ4v) is 2.41. The Balaban J connectivity index is 1.71. The van der Waals surface area contributed by atoms with Crippen molar-refractivity contribution in [2.24, 2.45) is 0 Å². The Kier molecular flexibility index (Phi) is 5.03. The highest BCUT2D eigenvalue weighted by Crippen LogP contribution is 2.31. The van der Waals surface area contributed by atoms with E-state index >= 15 is 0 Å². The number of anilines is 2. The fourth-order valence-electron chi connectivity index (χ4n) is 2.06. The number of nitrogens with one attached hydrogen (secondary N) is 2. The summed E-state index contributed by atoms with van der Waals surface area (Å²) in [6, 6.07) is 12.1. The minimum Gasteiger partial charge on any atom is -0.467 e. The topological polar surface area (TPSA) is 67.2 Å². The molecule has 0 unspecified atom stereocenters. The first-order chi connectivity index (χ1) is 11.6. The Hall–Kier alpha value is -2.50. The number of carbonyl (C=O) groups excluding carboxylic acids is 1. The van der Waals surface area contributed by atoms with E-state index in [-0.39, 0.29) is 5.91 Å². The molecule has 7 heteroatoms. The quantitative estimate of drug-likeness (QED) is 0.693. The molecule has 0 saturated carbocycles. The van der Waals surface area contributed by atoms with Gasteiger partial charge in [-0.05, 0) is 36.4 Å². The van der Waals surface area contributed by atoms with Gasteiger partial charge in [0, 0.05) is 11.8 Å². The number of hydrogen-bond acceptors (Lipinski definition) is 4. The molecule has 24 heavy (non-hydrogen) atoms. The number of benzene rings is 1. The van der Waals surface area contributed by atoms with Crippen molar-refractivity contribution >= 4 is 40.6 Å². The van der Waals surface area contributed by atoms with Crippen LogP contribution < -0.4 is 10.6 Å². The Morgan fingerprint density at radius 2 is 2.04 bits per heavy atom. The molecule has 2 aromatic heterocycles. The van der Waals surface area contributed by atoms with E-state index in [0.717, 1.165) is 0 Å². The Morgan fingerprint density at radius 3 is 2.83 bits per heavy atom. The van der Waals surface area contributed by atoms with Crippen LogP contribution in [-0.4, -0.2) is 10.9 Å². The molecule has 0 aliphatic rings. The predicted molar refractivity (Wildman–Crippen MR) is 93.9 cm³/mol. The van der Waals surface area contributed by atoms with E-state index in [1.54, 1.807) is 54.9 Å². The molecule has 3 aromatic rings. The van der Waals surface area contributed by atoms with Crippen molar-refractivity contribution in [2.45, 2.75) is 6.54 Å². The van der Waals surface area contributed by atoms with E-state index in [4.69, 9.17) is 27.6 Å². The highest BCUT2D eigenvalue weighted by Gasteiger charge is 2.09. The molecule has 0 aliphatic heterocycles. The van der Waals surface area contributed by atoms with E-state index in [9.17, 15) is 4.79 Å². The zero-order chi connectivity index (χ0) is 16.9. The summed E-state index contributed by atoms with van der Waals surface area (Å²) in [5.41, 5.74) is 1.09. The van der Waals surface area contributed by atoms with Crippen LogP contribution in [0.15, 0.2) is 59.3 Å². The lowest BCUT2D eigenvalue weighted by atomic mass is 10.2. The maximum atomic E-state index is 12.2. The molecule has 0 aliphatic carbocycles. The normalized spacial score (nSPS) is 10.4. The molecule has 0 fully saturated rings. The van der Waals surface area contributed by atoms with Crippen molar-refractivity contribution in [1.29, 1.82) is 0 Å². The molecule has 2 N–H and O–H groups in total. The van der Waals surface area contributed by atoms with Crippen molar-refractivity contribution in [3.63, 3.8) is 0 Å². The third-order valence-electron chi connectivity index (χ3n) is 3.24. The summed E-state index contributed by atoms with van der Waals surface area (Å²) in [6.07, 6.45) is 3.10. The number of amides is 1. The van der Waals surface area contributed by atoms with Crippen LogP contribution in [0.25, 0.3) is 0 Å². The zero-order valence-corrected chi connectivity index (χ0v) is 13.9. The fraction of sp³-hybridized carbons (Fsp3) is 0.0588. The molecule has 0 radical (unpaired) electrons. The van der Waals surface area contributed by atoms with Gasteiger partial charge in [0.2, 0.25) is 0 Å². The van der Waals surface area contributed by atoms with Crippen molar-refractivity contribution in [3.8, 4) is 0 Å². The molecule has 2 heterocycles. The predicted octanol–water partition coefficient (Wildman–Crippen LogP) is 4.66. The van der Waals surface area contributed by atoms with Gasteiger partial charge in [-0.3, -0.25) is 4.79 Å². The Morgan fingerprint density at radius 1 is 1.17 bits per heavy atom. The second kappa shape index (κ2) is 7.38. The van der Waals surface area contributed by atoms with Crippen molar-refractivity contribution < 1.29 is 9.21 Å². The van der Waals surface area contributed by atoms with E-state index < -0.39 is 0 Å². The number of rotatable bonds is 5. The van der Waals surface area contributed by atoms with Crippen LogP contribution in [0.2, 0.25) is 10.0 Å². The first-order valence-corrected chi connectivity index (χ1v) is 7.87. The summed E-state index contributed by atoms with van der Waals surface area (Å²) in [7, 11) is 0. The van der Waals surface area contributed by atoms with Crippen LogP contribution >= 0.6 is 23.2 Å². The second-order valence-corrected chi connectivity index (χ2v) is 5.70. The van der Waals surface area contributed by atoms with Gasteiger partial charge in [-0.15, -0.1) is 0 Å². The van der Waals surface area contributed by atoms with Gasteiger partial charge in [0.1, 0.15) is 11.6 Å². The minimum absolute atomic E-state index is 0.228. The molecule has 0 bridgehead atoms. The SMILES string of the molecule is O=C(NCc1ccco1)c1ccnc(Nc2cccc(Cl)c2Cl)c1. The highest BCUT2D eigenvalue weighted by atomic mass is 35.5. The summed E-state index contributed by atoms with van der Waals surface area (Å²) in [6.45, 7) is 0.317. The van der Waals surface area contributed by atoms with E-state index in [1.807, 2.05) is 0 Å². The maximum Gasteiger partial charge on any atom is 0.251 e. The molecule has 0 spiro atoms. The molecule has 0 atom stereocenters. The third-order valence-corrected chi connectivity index (χ3v) is 4.06. The number of halogens is 2. The monoisotopic (exact) mass is 361 g/mol. The molecule has 1 aromatic carbocycles. The van der Waals surface area contributed by atoms with E-state index in [1.165, 1.54) is 0 Å². The van der Waals surface area contributed by atoms with Gasteiger partial charge in [0.15, 0.2) is 0 Å². The largest absolute Gasteiger partial charge is 0.467 e. The van der Waals surface area contributed by atoms with Crippen LogP contribution in [-0.2, 0) is 6.54 Å². The number of hydrogen-bond donors (Lipinski definition) is 2. The first kappa shape index (κ1) is 16.4. The smallest absolute Gasteiger partial charge is 0.251 e. The van der Waals surface area contributed by atoms with Gasteiger partial charge >= 0.3 is 0 Å². The second-order valence-electron chi connectivity index (χ2n) is 4.92. The summed E-state index contributed by atoms with van der Waals surface area (Å²) >= 11 is 12.1. The van der Waals surface area contributed by atoms with Crippen LogP contribution in [0.1, 0.15) is 16.1 Å². The summed E-state index contributed by atoms with van der Waals surface area (Å²) in [4.78, 5) is 16.4. The number of nitrogens with zero attached hydrogens (tertiary/aromatic N) is 1. The lowest BCUT2D eigenvalue weighted by Crippen LogP contribution is -2.22. The van der Waals surface area contributed by atoms with Gasteiger partial charge < -0.3 is 15.1 Å². The first-order valence-electron chi connectivity index (χ1n) is 7.11. The van der Waals surface area contributed by atoms with Crippen molar-refractivity contribution in [3.05, 3.63) is 76.3 Å². The molecular formula is C17H13Cl2N3O2. The average molecular weight is 362 g/mol. The molecular weight excluding hydrogens is 349 g/mol. The number of pyridine rings is 1. The van der Waals surface area contributed by atoms with E-state index in [0.29, 0.717) is 39.4 Å². The maximum absolute atomic E-state index is 12.2. The van der Waals surface area contributed by atoms with Gasteiger partial charge in [-0.1, -0.05) is 29.3 Å². The van der Waals surface area contributed by atoms with Gasteiger partial charge in [0.25, 0.3) is 5.91 Å². The lowest BCUT2D eigenvalue weighted by Gasteiger charge is -2.10. The lowest BCUT2D eigenvalue weighted by molar-refractivity contribution is 0.0948. The summed E-state index contributed by atoms with van der Waals surface area (Å²) < 4.78 is 5.18. The number of aromatic nitrogens is 1. The molecule has 0 saturated heterocycles. The Bertz CT molecular complexity index is 851.